The van der Waals surface area contributed by atoms with Gasteiger partial charge in [0.15, 0.2) is 4.80 Å². The number of carbonyl (C=O) groups is 1. The standard InChI is InChI=1S/C18H16Cl2N2O2S/c1-2-24-10-9-22-15-8-7-14(20)11-16(15)25-18(22)21-17(23)12-3-5-13(19)6-4-12/h3-8,11H,2,9-10H2,1H3. The first-order valence-electron chi connectivity index (χ1n) is 7.79. The van der Waals surface area contributed by atoms with Crippen molar-refractivity contribution in [2.24, 2.45) is 4.99 Å². The van der Waals surface area contributed by atoms with Gasteiger partial charge in [-0.25, -0.2) is 0 Å². The first-order chi connectivity index (χ1) is 12.1. The highest BCUT2D eigenvalue weighted by atomic mass is 35.5. The monoisotopic (exact) mass is 394 g/mol. The van der Waals surface area contributed by atoms with Crippen molar-refractivity contribution in [2.75, 3.05) is 13.2 Å². The van der Waals surface area contributed by atoms with E-state index in [-0.39, 0.29) is 5.91 Å². The van der Waals surface area contributed by atoms with Crippen LogP contribution in [0.3, 0.4) is 0 Å². The van der Waals surface area contributed by atoms with Crippen LogP contribution in [0.2, 0.25) is 10.0 Å². The van der Waals surface area contributed by atoms with Gasteiger partial charge in [-0.3, -0.25) is 4.79 Å². The van der Waals surface area contributed by atoms with Gasteiger partial charge in [0.25, 0.3) is 5.91 Å². The molecule has 0 atom stereocenters. The molecule has 0 bridgehead atoms. The number of fused-ring (bicyclic) bond motifs is 1. The van der Waals surface area contributed by atoms with Gasteiger partial charge in [-0.2, -0.15) is 4.99 Å². The van der Waals surface area contributed by atoms with Crippen LogP contribution >= 0.6 is 34.5 Å². The van der Waals surface area contributed by atoms with Crippen LogP contribution in [0.5, 0.6) is 0 Å². The van der Waals surface area contributed by atoms with Crippen molar-refractivity contribution in [3.05, 3.63) is 62.9 Å². The number of halogens is 2. The van der Waals surface area contributed by atoms with Gasteiger partial charge in [0.2, 0.25) is 0 Å². The van der Waals surface area contributed by atoms with E-state index in [0.29, 0.717) is 40.2 Å². The maximum absolute atomic E-state index is 12.5. The number of benzene rings is 2. The zero-order valence-corrected chi connectivity index (χ0v) is 15.9. The van der Waals surface area contributed by atoms with E-state index in [1.165, 1.54) is 11.3 Å². The van der Waals surface area contributed by atoms with E-state index >= 15 is 0 Å². The Morgan fingerprint density at radius 1 is 1.16 bits per heavy atom. The van der Waals surface area contributed by atoms with E-state index in [1.807, 2.05) is 29.7 Å². The molecule has 3 aromatic rings. The molecule has 0 radical (unpaired) electrons. The quantitative estimate of drug-likeness (QED) is 0.583. The van der Waals surface area contributed by atoms with Crippen LogP contribution < -0.4 is 4.80 Å². The molecule has 25 heavy (non-hydrogen) atoms. The van der Waals surface area contributed by atoms with Gasteiger partial charge >= 0.3 is 0 Å². The van der Waals surface area contributed by atoms with E-state index in [9.17, 15) is 4.79 Å². The van der Waals surface area contributed by atoms with Gasteiger partial charge in [0.05, 0.1) is 16.8 Å². The Morgan fingerprint density at radius 3 is 2.60 bits per heavy atom. The Balaban J connectivity index is 2.04. The second-order valence-electron chi connectivity index (χ2n) is 5.27. The number of nitrogens with zero attached hydrogens (tertiary/aromatic N) is 2. The lowest BCUT2D eigenvalue weighted by molar-refractivity contribution is 0.0996. The molecule has 7 heteroatoms. The molecule has 2 aromatic carbocycles. The Bertz CT molecular complexity index is 961. The average Bonchev–Trinajstić information content (AvgIpc) is 2.92. The maximum atomic E-state index is 12.5. The molecule has 0 unspecified atom stereocenters. The van der Waals surface area contributed by atoms with Gasteiger partial charge in [-0.1, -0.05) is 34.5 Å². The summed E-state index contributed by atoms with van der Waals surface area (Å²) in [7, 11) is 0. The number of hydrogen-bond donors (Lipinski definition) is 0. The van der Waals surface area contributed by atoms with Crippen molar-refractivity contribution in [2.45, 2.75) is 13.5 Å². The normalized spacial score (nSPS) is 12.0. The summed E-state index contributed by atoms with van der Waals surface area (Å²) in [5, 5.41) is 1.24. The molecule has 0 saturated heterocycles. The van der Waals surface area contributed by atoms with Crippen LogP contribution in [0.25, 0.3) is 10.2 Å². The van der Waals surface area contributed by atoms with Gasteiger partial charge in [0, 0.05) is 28.8 Å². The van der Waals surface area contributed by atoms with Crippen molar-refractivity contribution in [1.82, 2.24) is 4.57 Å². The van der Waals surface area contributed by atoms with Crippen LogP contribution in [0.1, 0.15) is 17.3 Å². The van der Waals surface area contributed by atoms with E-state index in [2.05, 4.69) is 4.99 Å². The molecule has 0 aliphatic rings. The Kier molecular flexibility index (Phi) is 5.91. The summed E-state index contributed by atoms with van der Waals surface area (Å²) in [5.41, 5.74) is 1.48. The lowest BCUT2D eigenvalue weighted by atomic mass is 10.2. The number of rotatable bonds is 5. The first-order valence-corrected chi connectivity index (χ1v) is 9.37. The SMILES string of the molecule is CCOCCn1c(=NC(=O)c2ccc(Cl)cc2)sc2cc(Cl)ccc21. The third-order valence-electron chi connectivity index (χ3n) is 3.60. The Morgan fingerprint density at radius 2 is 1.88 bits per heavy atom. The molecule has 1 aromatic heterocycles. The summed E-state index contributed by atoms with van der Waals surface area (Å²) in [6.45, 7) is 3.76. The second kappa shape index (κ2) is 8.15. The third kappa shape index (κ3) is 4.30. The molecule has 0 saturated carbocycles. The fourth-order valence-corrected chi connectivity index (χ4v) is 3.85. The molecule has 0 spiro atoms. The summed E-state index contributed by atoms with van der Waals surface area (Å²) >= 11 is 13.4. The summed E-state index contributed by atoms with van der Waals surface area (Å²) in [6, 6.07) is 12.3. The van der Waals surface area contributed by atoms with Crippen molar-refractivity contribution in [3.8, 4) is 0 Å². The fourth-order valence-electron chi connectivity index (χ4n) is 2.39. The predicted molar refractivity (Wildman–Crippen MR) is 103 cm³/mol. The van der Waals surface area contributed by atoms with E-state index < -0.39 is 0 Å². The van der Waals surface area contributed by atoms with Crippen molar-refractivity contribution in [1.29, 1.82) is 0 Å². The van der Waals surface area contributed by atoms with Gasteiger partial charge in [-0.15, -0.1) is 0 Å². The number of hydrogen-bond acceptors (Lipinski definition) is 3. The molecular formula is C18H16Cl2N2O2S. The van der Waals surface area contributed by atoms with E-state index in [4.69, 9.17) is 27.9 Å². The highest BCUT2D eigenvalue weighted by Gasteiger charge is 2.10. The topological polar surface area (TPSA) is 43.6 Å². The van der Waals surface area contributed by atoms with Crippen LogP contribution in [0, 0.1) is 0 Å². The number of ether oxygens (including phenoxy) is 1. The van der Waals surface area contributed by atoms with Crippen molar-refractivity contribution < 1.29 is 9.53 Å². The molecule has 0 aliphatic carbocycles. The van der Waals surface area contributed by atoms with Crippen LogP contribution in [0.4, 0.5) is 0 Å². The average molecular weight is 395 g/mol. The number of carbonyl (C=O) groups excluding carboxylic acids is 1. The van der Waals surface area contributed by atoms with Gasteiger partial charge < -0.3 is 9.30 Å². The van der Waals surface area contributed by atoms with Crippen molar-refractivity contribution in [3.63, 3.8) is 0 Å². The Hall–Kier alpha value is -1.66. The minimum Gasteiger partial charge on any atom is -0.380 e. The zero-order valence-electron chi connectivity index (χ0n) is 13.5. The lowest BCUT2D eigenvalue weighted by Gasteiger charge is -2.05. The minimum absolute atomic E-state index is 0.306. The molecule has 0 fully saturated rings. The molecule has 3 rings (SSSR count). The van der Waals surface area contributed by atoms with Crippen LogP contribution in [-0.2, 0) is 11.3 Å². The fraction of sp³-hybridized carbons (Fsp3) is 0.222. The molecule has 0 aliphatic heterocycles. The third-order valence-corrected chi connectivity index (χ3v) is 5.12. The van der Waals surface area contributed by atoms with Crippen LogP contribution in [0.15, 0.2) is 47.5 Å². The molecule has 130 valence electrons. The minimum atomic E-state index is -0.306. The lowest BCUT2D eigenvalue weighted by Crippen LogP contribution is -2.19. The Labute approximate surface area is 159 Å². The zero-order chi connectivity index (χ0) is 17.8. The smallest absolute Gasteiger partial charge is 0.279 e. The summed E-state index contributed by atoms with van der Waals surface area (Å²) in [4.78, 5) is 17.4. The predicted octanol–water partition coefficient (Wildman–Crippen LogP) is 4.79. The summed E-state index contributed by atoms with van der Waals surface area (Å²) in [5.74, 6) is -0.306. The molecule has 0 N–H and O–H groups in total. The summed E-state index contributed by atoms with van der Waals surface area (Å²) in [6.07, 6.45) is 0. The maximum Gasteiger partial charge on any atom is 0.279 e. The molecular weight excluding hydrogens is 379 g/mol. The van der Waals surface area contributed by atoms with Crippen LogP contribution in [-0.4, -0.2) is 23.7 Å². The molecule has 4 nitrogen and oxygen atoms in total. The largest absolute Gasteiger partial charge is 0.380 e. The first kappa shape index (κ1) is 18.1. The number of aromatic nitrogens is 1. The van der Waals surface area contributed by atoms with E-state index in [1.54, 1.807) is 24.3 Å². The highest BCUT2D eigenvalue weighted by Crippen LogP contribution is 2.22. The number of thiazole rings is 1. The highest BCUT2D eigenvalue weighted by molar-refractivity contribution is 7.16. The second-order valence-corrected chi connectivity index (χ2v) is 7.15. The summed E-state index contributed by atoms with van der Waals surface area (Å²) < 4.78 is 8.42. The van der Waals surface area contributed by atoms with E-state index in [0.717, 1.165) is 10.2 Å². The van der Waals surface area contributed by atoms with Crippen molar-refractivity contribution >= 4 is 50.7 Å². The molecule has 1 heterocycles. The molecule has 1 amide bonds. The number of amides is 1. The van der Waals surface area contributed by atoms with Gasteiger partial charge in [-0.05, 0) is 49.4 Å². The van der Waals surface area contributed by atoms with Gasteiger partial charge in [0.1, 0.15) is 0 Å².